The Kier molecular flexibility index (Phi) is 4.98. The highest BCUT2D eigenvalue weighted by molar-refractivity contribution is 7.13. The van der Waals surface area contributed by atoms with Gasteiger partial charge in [0.2, 0.25) is 0 Å². The third kappa shape index (κ3) is 3.43. The molecule has 0 spiro atoms. The number of nitrogens with zero attached hydrogens (tertiary/aromatic N) is 2. The van der Waals surface area contributed by atoms with Crippen molar-refractivity contribution < 1.29 is 14.7 Å². The molecule has 5 nitrogen and oxygen atoms in total. The molecule has 0 aliphatic carbocycles. The van der Waals surface area contributed by atoms with Gasteiger partial charge < -0.3 is 10.0 Å². The first-order valence-corrected chi connectivity index (χ1v) is 8.25. The predicted molar refractivity (Wildman–Crippen MR) is 81.7 cm³/mol. The zero-order valence-corrected chi connectivity index (χ0v) is 13.6. The molecule has 1 aliphatic rings. The molecule has 6 heteroatoms. The maximum atomic E-state index is 12.7. The van der Waals surface area contributed by atoms with E-state index in [1.54, 1.807) is 4.90 Å². The van der Waals surface area contributed by atoms with Gasteiger partial charge in [-0.05, 0) is 39.5 Å². The van der Waals surface area contributed by atoms with Crippen LogP contribution in [0.25, 0.3) is 0 Å². The summed E-state index contributed by atoms with van der Waals surface area (Å²) < 4.78 is 0. The molecule has 1 fully saturated rings. The van der Waals surface area contributed by atoms with Crippen LogP contribution in [-0.2, 0) is 11.2 Å². The molecule has 2 unspecified atom stereocenters. The Morgan fingerprint density at radius 1 is 1.43 bits per heavy atom. The lowest BCUT2D eigenvalue weighted by molar-refractivity contribution is -0.143. The maximum Gasteiger partial charge on any atom is 0.308 e. The van der Waals surface area contributed by atoms with Crippen LogP contribution in [0.2, 0.25) is 0 Å². The summed E-state index contributed by atoms with van der Waals surface area (Å²) in [5.74, 6) is -1.33. The Morgan fingerprint density at radius 3 is 2.76 bits per heavy atom. The smallest absolute Gasteiger partial charge is 0.308 e. The minimum absolute atomic E-state index is 0.0641. The third-order valence-corrected chi connectivity index (χ3v) is 5.20. The van der Waals surface area contributed by atoms with Gasteiger partial charge in [-0.3, -0.25) is 9.59 Å². The number of carboxylic acid groups (broad SMARTS) is 1. The number of hydrogen-bond acceptors (Lipinski definition) is 4. The quantitative estimate of drug-likeness (QED) is 0.928. The lowest BCUT2D eigenvalue weighted by Gasteiger charge is -2.36. The van der Waals surface area contributed by atoms with Crippen LogP contribution in [0.5, 0.6) is 0 Å². The molecule has 0 radical (unpaired) electrons. The van der Waals surface area contributed by atoms with Crippen LogP contribution < -0.4 is 0 Å². The number of amides is 1. The topological polar surface area (TPSA) is 70.5 Å². The van der Waals surface area contributed by atoms with E-state index in [1.165, 1.54) is 11.3 Å². The number of thiazole rings is 1. The molecule has 21 heavy (non-hydrogen) atoms. The maximum absolute atomic E-state index is 12.7. The molecule has 1 aromatic heterocycles. The van der Waals surface area contributed by atoms with Crippen molar-refractivity contribution >= 4 is 23.2 Å². The Labute approximate surface area is 129 Å². The van der Waals surface area contributed by atoms with Gasteiger partial charge in [-0.1, -0.05) is 6.92 Å². The number of piperidine rings is 1. The van der Waals surface area contributed by atoms with E-state index in [0.29, 0.717) is 17.8 Å². The van der Waals surface area contributed by atoms with Crippen molar-refractivity contribution in [2.24, 2.45) is 5.92 Å². The Bertz CT molecular complexity index is 541. The molecule has 2 rings (SSSR count). The normalized spacial score (nSPS) is 22.3. The first-order chi connectivity index (χ1) is 9.93. The van der Waals surface area contributed by atoms with E-state index in [9.17, 15) is 14.7 Å². The van der Waals surface area contributed by atoms with Gasteiger partial charge in [0.25, 0.3) is 5.91 Å². The summed E-state index contributed by atoms with van der Waals surface area (Å²) in [4.78, 5) is 30.7. The Hall–Kier alpha value is -1.43. The number of aliphatic carboxylic acids is 1. The Morgan fingerprint density at radius 2 is 2.14 bits per heavy atom. The van der Waals surface area contributed by atoms with Gasteiger partial charge in [-0.2, -0.15) is 0 Å². The first-order valence-electron chi connectivity index (χ1n) is 7.44. The summed E-state index contributed by atoms with van der Waals surface area (Å²) in [5, 5.41) is 10.2. The summed E-state index contributed by atoms with van der Waals surface area (Å²) in [6.45, 7) is 6.23. The molecule has 0 aromatic carbocycles. The second-order valence-corrected chi connectivity index (χ2v) is 6.77. The van der Waals surface area contributed by atoms with Crippen molar-refractivity contribution in [3.63, 3.8) is 0 Å². The minimum Gasteiger partial charge on any atom is -0.481 e. The number of aryl methyl sites for hydroxylation is 2. The molecule has 2 heterocycles. The molecule has 1 aliphatic heterocycles. The summed E-state index contributed by atoms with van der Waals surface area (Å²) in [7, 11) is 0. The predicted octanol–water partition coefficient (Wildman–Crippen LogP) is 2.73. The molecule has 0 saturated carbocycles. The number of aromatic nitrogens is 1. The zero-order valence-electron chi connectivity index (χ0n) is 12.8. The van der Waals surface area contributed by atoms with Crippen LogP contribution in [0.4, 0.5) is 0 Å². The number of carbonyl (C=O) groups excluding carboxylic acids is 1. The van der Waals surface area contributed by atoms with E-state index in [2.05, 4.69) is 11.9 Å². The fourth-order valence-electron chi connectivity index (χ4n) is 2.69. The number of hydrogen-bond donors (Lipinski definition) is 1. The van der Waals surface area contributed by atoms with Gasteiger partial charge in [0.1, 0.15) is 4.88 Å². The monoisotopic (exact) mass is 310 g/mol. The molecule has 1 N–H and O–H groups in total. The highest BCUT2D eigenvalue weighted by Gasteiger charge is 2.34. The highest BCUT2D eigenvalue weighted by atomic mass is 32.1. The molecule has 0 bridgehead atoms. The van der Waals surface area contributed by atoms with Crippen molar-refractivity contribution in [2.75, 3.05) is 6.54 Å². The van der Waals surface area contributed by atoms with Crippen LogP contribution in [0.15, 0.2) is 0 Å². The van der Waals surface area contributed by atoms with E-state index < -0.39 is 11.9 Å². The molecule has 1 saturated heterocycles. The number of carboxylic acids is 1. The standard InChI is InChI=1S/C15H22N2O3S/c1-4-5-12-16-10(3)13(21-12)14(18)17-8-11(15(19)20)7-6-9(17)2/h9,11H,4-8H2,1-3H3,(H,19,20). The summed E-state index contributed by atoms with van der Waals surface area (Å²) >= 11 is 1.45. The fraction of sp³-hybridized carbons (Fsp3) is 0.667. The minimum atomic E-state index is -0.813. The van der Waals surface area contributed by atoms with Crippen molar-refractivity contribution in [3.05, 3.63) is 15.6 Å². The lowest BCUT2D eigenvalue weighted by Crippen LogP contribution is -2.47. The van der Waals surface area contributed by atoms with Crippen LogP contribution in [0.1, 0.15) is 53.5 Å². The van der Waals surface area contributed by atoms with Crippen LogP contribution in [0.3, 0.4) is 0 Å². The average Bonchev–Trinajstić information content (AvgIpc) is 2.79. The van der Waals surface area contributed by atoms with Gasteiger partial charge in [-0.15, -0.1) is 11.3 Å². The molecule has 116 valence electrons. The van der Waals surface area contributed by atoms with E-state index in [0.717, 1.165) is 30.0 Å². The second kappa shape index (κ2) is 6.56. The van der Waals surface area contributed by atoms with Gasteiger partial charge in [0.15, 0.2) is 0 Å². The number of rotatable bonds is 4. The van der Waals surface area contributed by atoms with Crippen molar-refractivity contribution in [3.8, 4) is 0 Å². The zero-order chi connectivity index (χ0) is 15.6. The Balaban J connectivity index is 2.19. The van der Waals surface area contributed by atoms with E-state index >= 15 is 0 Å². The summed E-state index contributed by atoms with van der Waals surface area (Å²) in [6.07, 6.45) is 3.26. The van der Waals surface area contributed by atoms with Crippen molar-refractivity contribution in [1.82, 2.24) is 9.88 Å². The van der Waals surface area contributed by atoms with Crippen molar-refractivity contribution in [2.45, 2.75) is 52.5 Å². The van der Waals surface area contributed by atoms with Crippen LogP contribution in [-0.4, -0.2) is 39.5 Å². The second-order valence-electron chi connectivity index (χ2n) is 5.69. The van der Waals surface area contributed by atoms with Gasteiger partial charge in [0, 0.05) is 12.6 Å². The van der Waals surface area contributed by atoms with E-state index in [4.69, 9.17) is 0 Å². The van der Waals surface area contributed by atoms with Crippen LogP contribution in [0, 0.1) is 12.8 Å². The van der Waals surface area contributed by atoms with E-state index in [1.807, 2.05) is 13.8 Å². The summed E-state index contributed by atoms with van der Waals surface area (Å²) in [6, 6.07) is 0.0872. The summed E-state index contributed by atoms with van der Waals surface area (Å²) in [5.41, 5.74) is 0.762. The van der Waals surface area contributed by atoms with Gasteiger partial charge in [-0.25, -0.2) is 4.98 Å². The average molecular weight is 310 g/mol. The largest absolute Gasteiger partial charge is 0.481 e. The fourth-order valence-corrected chi connectivity index (χ4v) is 3.82. The highest BCUT2D eigenvalue weighted by Crippen LogP contribution is 2.27. The van der Waals surface area contributed by atoms with Crippen LogP contribution >= 0.6 is 11.3 Å². The first kappa shape index (κ1) is 15.9. The number of likely N-dealkylation sites (tertiary alicyclic amines) is 1. The molecule has 1 aromatic rings. The van der Waals surface area contributed by atoms with Crippen molar-refractivity contribution in [1.29, 1.82) is 0 Å². The third-order valence-electron chi connectivity index (χ3n) is 3.99. The molecular weight excluding hydrogens is 288 g/mol. The molecule has 2 atom stereocenters. The molecular formula is C15H22N2O3S. The number of carbonyl (C=O) groups is 2. The lowest BCUT2D eigenvalue weighted by atomic mass is 9.93. The molecule has 1 amide bonds. The van der Waals surface area contributed by atoms with E-state index in [-0.39, 0.29) is 11.9 Å². The SMILES string of the molecule is CCCc1nc(C)c(C(=O)N2CC(C(=O)O)CCC2C)s1. The van der Waals surface area contributed by atoms with Gasteiger partial charge in [0.05, 0.1) is 16.6 Å². The van der Waals surface area contributed by atoms with Gasteiger partial charge >= 0.3 is 5.97 Å².